The lowest BCUT2D eigenvalue weighted by molar-refractivity contribution is -0.114. The van der Waals surface area contributed by atoms with E-state index in [1.807, 2.05) is 44.2 Å². The standard InChI is InChI=1S/C20H22ClN3O3/c1-13-7-5-10-17(19(24-26-4)20(25)22-3)18(13)12-27-23-14(2)15-8-6-9-16(21)11-15/h5-11H,12H2,1-4H3,(H,22,25)/b23-14+,24-19+. The van der Waals surface area contributed by atoms with Crippen LogP contribution >= 0.6 is 11.6 Å². The van der Waals surface area contributed by atoms with E-state index in [-0.39, 0.29) is 18.2 Å². The van der Waals surface area contributed by atoms with Crippen molar-refractivity contribution >= 4 is 28.9 Å². The van der Waals surface area contributed by atoms with Gasteiger partial charge in [0.2, 0.25) is 0 Å². The Morgan fingerprint density at radius 3 is 2.59 bits per heavy atom. The Labute approximate surface area is 163 Å². The normalized spacial score (nSPS) is 11.9. The van der Waals surface area contributed by atoms with Gasteiger partial charge in [0.15, 0.2) is 5.71 Å². The summed E-state index contributed by atoms with van der Waals surface area (Å²) in [4.78, 5) is 22.6. The first-order valence-electron chi connectivity index (χ1n) is 8.32. The number of benzene rings is 2. The number of nitrogens with one attached hydrogen (secondary N) is 1. The maximum atomic E-state index is 12.2. The molecule has 2 aromatic carbocycles. The molecule has 1 amide bonds. The van der Waals surface area contributed by atoms with Crippen LogP contribution < -0.4 is 5.32 Å². The summed E-state index contributed by atoms with van der Waals surface area (Å²) in [5, 5.41) is 11.2. The molecule has 0 aliphatic carbocycles. The first kappa shape index (κ1) is 20.5. The van der Waals surface area contributed by atoms with Crippen LogP contribution in [0.2, 0.25) is 5.02 Å². The highest BCUT2D eigenvalue weighted by Crippen LogP contribution is 2.18. The third-order valence-corrected chi connectivity index (χ3v) is 4.18. The van der Waals surface area contributed by atoms with Crippen LogP contribution in [0, 0.1) is 6.92 Å². The van der Waals surface area contributed by atoms with E-state index in [4.69, 9.17) is 21.3 Å². The maximum absolute atomic E-state index is 12.2. The van der Waals surface area contributed by atoms with Crippen molar-refractivity contribution in [1.29, 1.82) is 0 Å². The van der Waals surface area contributed by atoms with E-state index in [9.17, 15) is 4.79 Å². The number of amides is 1. The molecule has 0 atom stereocenters. The van der Waals surface area contributed by atoms with Crippen LogP contribution in [0.5, 0.6) is 0 Å². The Kier molecular flexibility index (Phi) is 7.37. The third-order valence-electron chi connectivity index (χ3n) is 3.94. The molecule has 2 aromatic rings. The lowest BCUT2D eigenvalue weighted by Crippen LogP contribution is -2.29. The highest BCUT2D eigenvalue weighted by atomic mass is 35.5. The third kappa shape index (κ3) is 5.31. The average molecular weight is 388 g/mol. The number of hydrogen-bond acceptors (Lipinski definition) is 5. The van der Waals surface area contributed by atoms with Gasteiger partial charge in [0.1, 0.15) is 13.7 Å². The summed E-state index contributed by atoms with van der Waals surface area (Å²) in [7, 11) is 2.94. The number of aryl methyl sites for hydroxylation is 1. The lowest BCUT2D eigenvalue weighted by atomic mass is 9.98. The van der Waals surface area contributed by atoms with Crippen molar-refractivity contribution in [1.82, 2.24) is 5.32 Å². The van der Waals surface area contributed by atoms with Gasteiger partial charge in [-0.15, -0.1) is 0 Å². The first-order chi connectivity index (χ1) is 13.0. The fourth-order valence-corrected chi connectivity index (χ4v) is 2.69. The van der Waals surface area contributed by atoms with Gasteiger partial charge in [0, 0.05) is 28.8 Å². The second-order valence-electron chi connectivity index (χ2n) is 5.76. The van der Waals surface area contributed by atoms with E-state index in [1.165, 1.54) is 14.2 Å². The molecule has 6 nitrogen and oxygen atoms in total. The smallest absolute Gasteiger partial charge is 0.273 e. The first-order valence-corrected chi connectivity index (χ1v) is 8.70. The summed E-state index contributed by atoms with van der Waals surface area (Å²) in [6.07, 6.45) is 0. The molecule has 27 heavy (non-hydrogen) atoms. The average Bonchev–Trinajstić information content (AvgIpc) is 2.66. The number of carbonyl (C=O) groups excluding carboxylic acids is 1. The van der Waals surface area contributed by atoms with Crippen molar-refractivity contribution in [3.63, 3.8) is 0 Å². The Morgan fingerprint density at radius 2 is 1.93 bits per heavy atom. The zero-order valence-corrected chi connectivity index (χ0v) is 16.5. The fraction of sp³-hybridized carbons (Fsp3) is 0.250. The molecule has 0 aliphatic heterocycles. The summed E-state index contributed by atoms with van der Waals surface area (Å²) in [5.74, 6) is -0.345. The Hall–Kier alpha value is -2.86. The van der Waals surface area contributed by atoms with Crippen molar-refractivity contribution in [3.8, 4) is 0 Å². The molecule has 0 aromatic heterocycles. The SMILES string of the molecule is CNC(=O)/C(=N/OC)c1cccc(C)c1CO/N=C(\C)c1cccc(Cl)c1. The molecule has 2 rings (SSSR count). The highest BCUT2D eigenvalue weighted by Gasteiger charge is 2.19. The summed E-state index contributed by atoms with van der Waals surface area (Å²) < 4.78 is 0. The molecule has 0 bridgehead atoms. The number of rotatable bonds is 7. The van der Waals surface area contributed by atoms with E-state index >= 15 is 0 Å². The van der Waals surface area contributed by atoms with Crippen LogP contribution in [-0.2, 0) is 21.1 Å². The Morgan fingerprint density at radius 1 is 1.19 bits per heavy atom. The minimum Gasteiger partial charge on any atom is -0.398 e. The molecule has 0 unspecified atom stereocenters. The van der Waals surface area contributed by atoms with Gasteiger partial charge >= 0.3 is 0 Å². The largest absolute Gasteiger partial charge is 0.398 e. The van der Waals surface area contributed by atoms with Crippen LogP contribution in [0.4, 0.5) is 0 Å². The van der Waals surface area contributed by atoms with Crippen LogP contribution in [0.1, 0.15) is 29.2 Å². The predicted molar refractivity (Wildman–Crippen MR) is 107 cm³/mol. The van der Waals surface area contributed by atoms with Crippen molar-refractivity contribution < 1.29 is 14.5 Å². The van der Waals surface area contributed by atoms with E-state index in [2.05, 4.69) is 15.6 Å². The fourth-order valence-electron chi connectivity index (χ4n) is 2.50. The summed E-state index contributed by atoms with van der Waals surface area (Å²) >= 11 is 6.01. The highest BCUT2D eigenvalue weighted by molar-refractivity contribution is 6.45. The van der Waals surface area contributed by atoms with Crippen LogP contribution in [0.3, 0.4) is 0 Å². The molecule has 7 heteroatoms. The number of oxime groups is 2. The number of halogens is 1. The van der Waals surface area contributed by atoms with Gasteiger partial charge in [-0.25, -0.2) is 0 Å². The van der Waals surface area contributed by atoms with Gasteiger partial charge in [-0.2, -0.15) is 0 Å². The number of likely N-dealkylation sites (N-methyl/N-ethyl adjacent to an activating group) is 1. The van der Waals surface area contributed by atoms with Crippen molar-refractivity contribution in [2.24, 2.45) is 10.3 Å². The summed E-state index contributed by atoms with van der Waals surface area (Å²) in [6.45, 7) is 3.95. The molecule has 142 valence electrons. The van der Waals surface area contributed by atoms with Crippen LogP contribution in [0.25, 0.3) is 0 Å². The second-order valence-corrected chi connectivity index (χ2v) is 6.20. The summed E-state index contributed by atoms with van der Waals surface area (Å²) in [6, 6.07) is 13.0. The predicted octanol–water partition coefficient (Wildman–Crippen LogP) is 3.69. The van der Waals surface area contributed by atoms with Gasteiger partial charge in [0.05, 0.1) is 5.71 Å². The molecule has 0 saturated carbocycles. The van der Waals surface area contributed by atoms with Gasteiger partial charge < -0.3 is 15.0 Å². The minimum atomic E-state index is -0.345. The summed E-state index contributed by atoms with van der Waals surface area (Å²) in [5.41, 5.74) is 4.14. The van der Waals surface area contributed by atoms with Gasteiger partial charge in [-0.05, 0) is 31.5 Å². The van der Waals surface area contributed by atoms with E-state index < -0.39 is 0 Å². The van der Waals surface area contributed by atoms with Crippen LogP contribution in [-0.4, -0.2) is 31.5 Å². The van der Waals surface area contributed by atoms with Crippen molar-refractivity contribution in [2.75, 3.05) is 14.2 Å². The minimum absolute atomic E-state index is 0.179. The zero-order valence-electron chi connectivity index (χ0n) is 15.7. The van der Waals surface area contributed by atoms with Gasteiger partial charge in [-0.3, -0.25) is 4.79 Å². The molecule has 0 spiro atoms. The van der Waals surface area contributed by atoms with Crippen molar-refractivity contribution in [3.05, 3.63) is 69.7 Å². The number of hydrogen-bond donors (Lipinski definition) is 1. The number of carbonyl (C=O) groups is 1. The lowest BCUT2D eigenvalue weighted by Gasteiger charge is -2.13. The maximum Gasteiger partial charge on any atom is 0.273 e. The second kappa shape index (κ2) is 9.73. The number of nitrogens with zero attached hydrogens (tertiary/aromatic N) is 2. The zero-order chi connectivity index (χ0) is 19.8. The molecule has 0 radical (unpaired) electrons. The van der Waals surface area contributed by atoms with Gasteiger partial charge in [0.25, 0.3) is 5.91 Å². The quantitative estimate of drug-likeness (QED) is 0.581. The van der Waals surface area contributed by atoms with E-state index in [0.717, 1.165) is 16.7 Å². The van der Waals surface area contributed by atoms with Crippen molar-refractivity contribution in [2.45, 2.75) is 20.5 Å². The molecule has 0 saturated heterocycles. The van der Waals surface area contributed by atoms with E-state index in [0.29, 0.717) is 16.3 Å². The molecule has 0 aliphatic rings. The molecule has 0 fully saturated rings. The topological polar surface area (TPSA) is 72.3 Å². The monoisotopic (exact) mass is 387 g/mol. The van der Waals surface area contributed by atoms with E-state index in [1.54, 1.807) is 12.1 Å². The van der Waals surface area contributed by atoms with Gasteiger partial charge in [-0.1, -0.05) is 52.2 Å². The Balaban J connectivity index is 2.27. The Bertz CT molecular complexity index is 879. The molecule has 1 N–H and O–H groups in total. The van der Waals surface area contributed by atoms with Crippen LogP contribution in [0.15, 0.2) is 52.8 Å². The molecule has 0 heterocycles. The molecular weight excluding hydrogens is 366 g/mol. The molecular formula is C20H22ClN3O3.